The fourth-order valence-corrected chi connectivity index (χ4v) is 2.68. The predicted octanol–water partition coefficient (Wildman–Crippen LogP) is 2.30. The van der Waals surface area contributed by atoms with E-state index in [1.54, 1.807) is 19.1 Å². The molecule has 0 bridgehead atoms. The van der Waals surface area contributed by atoms with Gasteiger partial charge in [0.2, 0.25) is 0 Å². The Labute approximate surface area is 182 Å². The number of furan rings is 2. The van der Waals surface area contributed by atoms with E-state index >= 15 is 0 Å². The van der Waals surface area contributed by atoms with Crippen LogP contribution in [-0.2, 0) is 5.60 Å². The number of guanidine groups is 1. The van der Waals surface area contributed by atoms with Gasteiger partial charge in [0.25, 0.3) is 5.91 Å². The van der Waals surface area contributed by atoms with Crippen LogP contribution >= 0.6 is 24.0 Å². The Bertz CT molecular complexity index is 769. The lowest BCUT2D eigenvalue weighted by molar-refractivity contribution is 0.0657. The fraction of sp³-hybridized carbons (Fsp3) is 0.474. The molecule has 8 nitrogen and oxygen atoms in total. The summed E-state index contributed by atoms with van der Waals surface area (Å²) in [7, 11) is 0. The van der Waals surface area contributed by atoms with Crippen LogP contribution in [0.4, 0.5) is 0 Å². The molecule has 2 aromatic heterocycles. The van der Waals surface area contributed by atoms with Gasteiger partial charge >= 0.3 is 0 Å². The van der Waals surface area contributed by atoms with Crippen LogP contribution in [0.25, 0.3) is 0 Å². The van der Waals surface area contributed by atoms with Crippen LogP contribution < -0.4 is 16.0 Å². The molecule has 0 aliphatic rings. The minimum atomic E-state index is -1.14. The Hall–Kier alpha value is -2.01. The maximum atomic E-state index is 11.8. The van der Waals surface area contributed by atoms with Gasteiger partial charge < -0.3 is 29.9 Å². The van der Waals surface area contributed by atoms with Crippen molar-refractivity contribution in [2.45, 2.75) is 33.3 Å². The molecule has 28 heavy (non-hydrogen) atoms. The van der Waals surface area contributed by atoms with Crippen molar-refractivity contribution in [1.82, 2.24) is 16.0 Å². The van der Waals surface area contributed by atoms with E-state index in [4.69, 9.17) is 8.83 Å². The number of hydrogen-bond donors (Lipinski definition) is 4. The first-order valence-corrected chi connectivity index (χ1v) is 8.97. The average molecular weight is 504 g/mol. The molecule has 2 heterocycles. The predicted molar refractivity (Wildman–Crippen MR) is 118 cm³/mol. The number of carbonyl (C=O) groups is 1. The summed E-state index contributed by atoms with van der Waals surface area (Å²) in [6.07, 6.45) is 1.46. The van der Waals surface area contributed by atoms with Gasteiger partial charge in [0.1, 0.15) is 17.1 Å². The Kier molecular flexibility index (Phi) is 9.53. The van der Waals surface area contributed by atoms with Crippen LogP contribution in [0.3, 0.4) is 0 Å². The molecular formula is C19H29IN4O4. The standard InChI is InChI=1S/C19H28N4O4.HI/c1-5-20-18(22-9-8-21-17(24)16-7-6-10-26-16)23-12-19(4,25)15-11-13(2)27-14(15)3;/h6-7,10-11,25H,5,8-9,12H2,1-4H3,(H,21,24)(H2,20,22,23);1H. The van der Waals surface area contributed by atoms with Crippen LogP contribution in [0.15, 0.2) is 38.3 Å². The third kappa shape index (κ3) is 6.86. The summed E-state index contributed by atoms with van der Waals surface area (Å²) < 4.78 is 10.5. The topological polar surface area (TPSA) is 112 Å². The molecule has 156 valence electrons. The number of aliphatic imine (C=N–C) groups is 1. The van der Waals surface area contributed by atoms with Crippen molar-refractivity contribution >= 4 is 35.8 Å². The highest BCUT2D eigenvalue weighted by atomic mass is 127. The third-order valence-electron chi connectivity index (χ3n) is 3.96. The van der Waals surface area contributed by atoms with Crippen molar-refractivity contribution in [2.24, 2.45) is 4.99 Å². The number of hydrogen-bond acceptors (Lipinski definition) is 5. The van der Waals surface area contributed by atoms with Crippen molar-refractivity contribution in [1.29, 1.82) is 0 Å². The molecule has 1 unspecified atom stereocenters. The number of halogens is 1. The summed E-state index contributed by atoms with van der Waals surface area (Å²) >= 11 is 0. The molecule has 1 amide bonds. The van der Waals surface area contributed by atoms with Crippen molar-refractivity contribution < 1.29 is 18.7 Å². The summed E-state index contributed by atoms with van der Waals surface area (Å²) in [6, 6.07) is 5.10. The van der Waals surface area contributed by atoms with Crippen molar-refractivity contribution in [3.05, 3.63) is 47.3 Å². The summed E-state index contributed by atoms with van der Waals surface area (Å²) in [6.45, 7) is 9.06. The Morgan fingerprint density at radius 1 is 1.25 bits per heavy atom. The van der Waals surface area contributed by atoms with Gasteiger partial charge in [-0.2, -0.15) is 0 Å². The smallest absolute Gasteiger partial charge is 0.287 e. The molecule has 4 N–H and O–H groups in total. The minimum Gasteiger partial charge on any atom is -0.466 e. The fourth-order valence-electron chi connectivity index (χ4n) is 2.68. The highest BCUT2D eigenvalue weighted by molar-refractivity contribution is 14.0. The van der Waals surface area contributed by atoms with Crippen molar-refractivity contribution in [3.63, 3.8) is 0 Å². The van der Waals surface area contributed by atoms with E-state index in [1.165, 1.54) is 6.26 Å². The zero-order valence-corrected chi connectivity index (χ0v) is 19.0. The van der Waals surface area contributed by atoms with Gasteiger partial charge in [0.05, 0.1) is 12.8 Å². The molecule has 0 spiro atoms. The van der Waals surface area contributed by atoms with Crippen LogP contribution in [0.2, 0.25) is 0 Å². The van der Waals surface area contributed by atoms with E-state index < -0.39 is 5.60 Å². The molecule has 0 aliphatic heterocycles. The Morgan fingerprint density at radius 3 is 2.54 bits per heavy atom. The summed E-state index contributed by atoms with van der Waals surface area (Å²) in [5.74, 6) is 2.01. The largest absolute Gasteiger partial charge is 0.466 e. The SMILES string of the molecule is CCNC(=NCC(C)(O)c1cc(C)oc1C)NCCNC(=O)c1ccco1.I. The molecular weight excluding hydrogens is 475 g/mol. The molecule has 0 saturated heterocycles. The highest BCUT2D eigenvalue weighted by Gasteiger charge is 2.27. The molecule has 0 saturated carbocycles. The van der Waals surface area contributed by atoms with Gasteiger partial charge in [-0.05, 0) is 45.9 Å². The quantitative estimate of drug-likeness (QED) is 0.190. The second-order valence-electron chi connectivity index (χ2n) is 6.46. The maximum Gasteiger partial charge on any atom is 0.287 e. The van der Waals surface area contributed by atoms with Crippen LogP contribution in [0.5, 0.6) is 0 Å². The van der Waals surface area contributed by atoms with Gasteiger partial charge in [-0.15, -0.1) is 24.0 Å². The van der Waals surface area contributed by atoms with Gasteiger partial charge in [0, 0.05) is 25.2 Å². The molecule has 1 atom stereocenters. The number of nitrogens with zero attached hydrogens (tertiary/aromatic N) is 1. The zero-order chi connectivity index (χ0) is 19.9. The average Bonchev–Trinajstić information content (AvgIpc) is 3.26. The maximum absolute atomic E-state index is 11.8. The number of carbonyl (C=O) groups excluding carboxylic acids is 1. The molecule has 0 aliphatic carbocycles. The molecule has 9 heteroatoms. The first-order valence-electron chi connectivity index (χ1n) is 8.97. The van der Waals surface area contributed by atoms with E-state index in [0.717, 1.165) is 11.3 Å². The second-order valence-corrected chi connectivity index (χ2v) is 6.46. The molecule has 0 fully saturated rings. The normalized spacial score (nSPS) is 13.4. The summed E-state index contributed by atoms with van der Waals surface area (Å²) in [4.78, 5) is 16.3. The van der Waals surface area contributed by atoms with Gasteiger partial charge in [-0.25, -0.2) is 4.99 Å². The van der Waals surface area contributed by atoms with E-state index in [-0.39, 0.29) is 42.2 Å². The minimum absolute atomic E-state index is 0. The van der Waals surface area contributed by atoms with Crippen LogP contribution in [-0.4, -0.2) is 43.2 Å². The summed E-state index contributed by atoms with van der Waals surface area (Å²) in [5.41, 5.74) is -0.414. The monoisotopic (exact) mass is 504 g/mol. The molecule has 0 radical (unpaired) electrons. The Balaban J connectivity index is 0.00000392. The van der Waals surface area contributed by atoms with Crippen molar-refractivity contribution in [3.8, 4) is 0 Å². The van der Waals surface area contributed by atoms with Crippen LogP contribution in [0.1, 0.15) is 41.5 Å². The van der Waals surface area contributed by atoms with E-state index in [0.29, 0.717) is 31.4 Å². The first kappa shape index (κ1) is 24.0. The second kappa shape index (κ2) is 11.1. The Morgan fingerprint density at radius 2 is 1.96 bits per heavy atom. The number of aryl methyl sites for hydroxylation is 2. The van der Waals surface area contributed by atoms with Crippen LogP contribution in [0, 0.1) is 13.8 Å². The molecule has 2 aromatic rings. The number of nitrogens with one attached hydrogen (secondary N) is 3. The lowest BCUT2D eigenvalue weighted by Crippen LogP contribution is -2.42. The van der Waals surface area contributed by atoms with E-state index in [2.05, 4.69) is 20.9 Å². The van der Waals surface area contributed by atoms with E-state index in [9.17, 15) is 9.90 Å². The number of rotatable bonds is 8. The highest BCUT2D eigenvalue weighted by Crippen LogP contribution is 2.27. The van der Waals surface area contributed by atoms with Gasteiger partial charge in [0.15, 0.2) is 11.7 Å². The van der Waals surface area contributed by atoms with Gasteiger partial charge in [-0.1, -0.05) is 0 Å². The number of amides is 1. The lowest BCUT2D eigenvalue weighted by atomic mass is 9.96. The summed E-state index contributed by atoms with van der Waals surface area (Å²) in [5, 5.41) is 19.7. The van der Waals surface area contributed by atoms with Gasteiger partial charge in [-0.3, -0.25) is 4.79 Å². The zero-order valence-electron chi connectivity index (χ0n) is 16.7. The molecule has 2 rings (SSSR count). The number of aliphatic hydroxyl groups is 1. The third-order valence-corrected chi connectivity index (χ3v) is 3.96. The van der Waals surface area contributed by atoms with E-state index in [1.807, 2.05) is 26.8 Å². The van der Waals surface area contributed by atoms with Crippen molar-refractivity contribution in [2.75, 3.05) is 26.2 Å². The molecule has 0 aromatic carbocycles. The lowest BCUT2D eigenvalue weighted by Gasteiger charge is -2.21. The first-order chi connectivity index (χ1) is 12.8.